The summed E-state index contributed by atoms with van der Waals surface area (Å²) in [6.07, 6.45) is -4.79. The van der Waals surface area contributed by atoms with E-state index in [0.717, 1.165) is 16.6 Å². The molecule has 0 spiro atoms. The predicted molar refractivity (Wildman–Crippen MR) is 83.5 cm³/mol. The van der Waals surface area contributed by atoms with Gasteiger partial charge in [0.1, 0.15) is 5.75 Å². The van der Waals surface area contributed by atoms with E-state index < -0.39 is 22.1 Å². The maximum absolute atomic E-state index is 12.1. The van der Waals surface area contributed by atoms with Crippen LogP contribution in [0.25, 0.3) is 0 Å². The minimum absolute atomic E-state index is 0.148. The van der Waals surface area contributed by atoms with Crippen LogP contribution in [-0.2, 0) is 15.8 Å². The van der Waals surface area contributed by atoms with Crippen molar-refractivity contribution in [1.82, 2.24) is 0 Å². The molecule has 0 heterocycles. The van der Waals surface area contributed by atoms with Gasteiger partial charge in [0.05, 0.1) is 5.75 Å². The number of rotatable bonds is 5. The number of hydrogen-bond acceptors (Lipinski definition) is 3. The van der Waals surface area contributed by atoms with Gasteiger partial charge in [-0.2, -0.15) is 0 Å². The van der Waals surface area contributed by atoms with E-state index >= 15 is 0 Å². The fourth-order valence-electron chi connectivity index (χ4n) is 1.79. The van der Waals surface area contributed by atoms with Gasteiger partial charge in [-0.1, -0.05) is 28.1 Å². The molecule has 0 aliphatic carbocycles. The van der Waals surface area contributed by atoms with Crippen molar-refractivity contribution >= 4 is 31.6 Å². The van der Waals surface area contributed by atoms with Gasteiger partial charge < -0.3 is 4.74 Å². The van der Waals surface area contributed by atoms with Crippen molar-refractivity contribution in [3.05, 3.63) is 58.6 Å². The van der Waals surface area contributed by atoms with Crippen LogP contribution in [0.5, 0.6) is 5.75 Å². The third kappa shape index (κ3) is 6.11. The van der Waals surface area contributed by atoms with E-state index in [1.807, 2.05) is 0 Å². The first-order chi connectivity index (χ1) is 10.6. The molecule has 124 valence electrons. The average molecular weight is 410 g/mol. The van der Waals surface area contributed by atoms with Gasteiger partial charge in [-0.05, 0) is 42.0 Å². The van der Waals surface area contributed by atoms with Crippen LogP contribution in [0, 0.1) is 0 Å². The molecular formula is C14H11BrF3NO3S. The van der Waals surface area contributed by atoms with Gasteiger partial charge in [0.2, 0.25) is 10.0 Å². The summed E-state index contributed by atoms with van der Waals surface area (Å²) >= 11 is 3.25. The van der Waals surface area contributed by atoms with Crippen LogP contribution >= 0.6 is 15.9 Å². The Hall–Kier alpha value is -1.74. The molecule has 0 aliphatic rings. The molecule has 0 atom stereocenters. The molecule has 4 nitrogen and oxygen atoms in total. The van der Waals surface area contributed by atoms with Gasteiger partial charge in [-0.25, -0.2) is 8.42 Å². The maximum Gasteiger partial charge on any atom is 0.573 e. The lowest BCUT2D eigenvalue weighted by atomic mass is 10.2. The van der Waals surface area contributed by atoms with Crippen molar-refractivity contribution in [2.75, 3.05) is 4.72 Å². The van der Waals surface area contributed by atoms with E-state index in [2.05, 4.69) is 25.4 Å². The Morgan fingerprint density at radius 1 is 1.09 bits per heavy atom. The Kier molecular flexibility index (Phi) is 5.20. The number of nitrogens with one attached hydrogen (secondary N) is 1. The fourth-order valence-corrected chi connectivity index (χ4v) is 3.42. The minimum atomic E-state index is -4.79. The third-order valence-corrected chi connectivity index (χ3v) is 4.36. The number of alkyl halides is 3. The van der Waals surface area contributed by atoms with Gasteiger partial charge >= 0.3 is 6.36 Å². The highest BCUT2D eigenvalue weighted by molar-refractivity contribution is 9.10. The molecule has 2 rings (SSSR count). The van der Waals surface area contributed by atoms with E-state index in [-0.39, 0.29) is 11.4 Å². The maximum atomic E-state index is 12.1. The van der Waals surface area contributed by atoms with Crippen molar-refractivity contribution in [2.45, 2.75) is 12.1 Å². The van der Waals surface area contributed by atoms with E-state index in [4.69, 9.17) is 0 Å². The number of sulfonamides is 1. The normalized spacial score (nSPS) is 12.0. The Balaban J connectivity index is 2.05. The lowest BCUT2D eigenvalue weighted by molar-refractivity contribution is -0.274. The molecule has 2 aromatic carbocycles. The van der Waals surface area contributed by atoms with Crippen molar-refractivity contribution in [3.63, 3.8) is 0 Å². The fraction of sp³-hybridized carbons (Fsp3) is 0.143. The predicted octanol–water partition coefficient (Wildman–Crippen LogP) is 4.29. The van der Waals surface area contributed by atoms with E-state index in [1.54, 1.807) is 24.3 Å². The van der Waals surface area contributed by atoms with Gasteiger partial charge in [0.25, 0.3) is 0 Å². The number of benzene rings is 2. The van der Waals surface area contributed by atoms with E-state index in [9.17, 15) is 21.6 Å². The average Bonchev–Trinajstić information content (AvgIpc) is 2.38. The van der Waals surface area contributed by atoms with Gasteiger partial charge in [0, 0.05) is 10.2 Å². The van der Waals surface area contributed by atoms with E-state index in [0.29, 0.717) is 5.56 Å². The zero-order valence-electron chi connectivity index (χ0n) is 11.5. The molecule has 0 fully saturated rings. The first kappa shape index (κ1) is 17.6. The molecule has 9 heteroatoms. The zero-order chi connectivity index (χ0) is 17.1. The van der Waals surface area contributed by atoms with Crippen molar-refractivity contribution < 1.29 is 26.3 Å². The Morgan fingerprint density at radius 3 is 2.30 bits per heavy atom. The summed E-state index contributed by atoms with van der Waals surface area (Å²) in [5, 5.41) is 0. The van der Waals surface area contributed by atoms with Gasteiger partial charge in [-0.3, -0.25) is 4.72 Å². The van der Waals surface area contributed by atoms with Gasteiger partial charge in [-0.15, -0.1) is 13.2 Å². The molecule has 0 saturated heterocycles. The molecule has 0 aromatic heterocycles. The number of halogens is 4. The molecule has 0 bridgehead atoms. The van der Waals surface area contributed by atoms with Crippen LogP contribution in [-0.4, -0.2) is 14.8 Å². The monoisotopic (exact) mass is 409 g/mol. The lowest BCUT2D eigenvalue weighted by Gasteiger charge is -2.11. The largest absolute Gasteiger partial charge is 0.573 e. The SMILES string of the molecule is O=S(=O)(Cc1cccc(Br)c1)Nc1ccc(OC(F)(F)F)cc1. The van der Waals surface area contributed by atoms with Crippen LogP contribution in [0.2, 0.25) is 0 Å². The molecule has 23 heavy (non-hydrogen) atoms. The first-order valence-electron chi connectivity index (χ1n) is 6.24. The molecular weight excluding hydrogens is 399 g/mol. The van der Waals surface area contributed by atoms with Crippen molar-refractivity contribution in [3.8, 4) is 5.75 Å². The van der Waals surface area contributed by atoms with Crippen LogP contribution < -0.4 is 9.46 Å². The molecule has 1 N–H and O–H groups in total. The summed E-state index contributed by atoms with van der Waals surface area (Å²) < 4.78 is 67.0. The first-order valence-corrected chi connectivity index (χ1v) is 8.68. The number of anilines is 1. The Morgan fingerprint density at radius 2 is 1.74 bits per heavy atom. The smallest absolute Gasteiger partial charge is 0.406 e. The highest BCUT2D eigenvalue weighted by atomic mass is 79.9. The number of hydrogen-bond donors (Lipinski definition) is 1. The zero-order valence-corrected chi connectivity index (χ0v) is 13.9. The van der Waals surface area contributed by atoms with Crippen LogP contribution in [0.4, 0.5) is 18.9 Å². The molecule has 0 radical (unpaired) electrons. The summed E-state index contributed by atoms with van der Waals surface area (Å²) in [5.74, 6) is -0.680. The minimum Gasteiger partial charge on any atom is -0.406 e. The molecule has 0 amide bonds. The summed E-state index contributed by atoms with van der Waals surface area (Å²) in [5.41, 5.74) is 0.721. The van der Waals surface area contributed by atoms with E-state index in [1.165, 1.54) is 12.1 Å². The topological polar surface area (TPSA) is 55.4 Å². The number of ether oxygens (including phenoxy) is 1. The van der Waals surface area contributed by atoms with Gasteiger partial charge in [0.15, 0.2) is 0 Å². The van der Waals surface area contributed by atoms with Crippen LogP contribution in [0.15, 0.2) is 53.0 Å². The van der Waals surface area contributed by atoms with Crippen LogP contribution in [0.3, 0.4) is 0 Å². The Bertz CT molecular complexity index is 777. The highest BCUT2D eigenvalue weighted by Gasteiger charge is 2.31. The second-order valence-corrected chi connectivity index (χ2v) is 7.20. The molecule has 2 aromatic rings. The third-order valence-electron chi connectivity index (χ3n) is 2.61. The quantitative estimate of drug-likeness (QED) is 0.801. The van der Waals surface area contributed by atoms with Crippen molar-refractivity contribution in [1.29, 1.82) is 0 Å². The summed E-state index contributed by atoms with van der Waals surface area (Å²) in [7, 11) is -3.69. The second kappa shape index (κ2) is 6.79. The molecule has 0 unspecified atom stereocenters. The molecule has 0 aliphatic heterocycles. The highest BCUT2D eigenvalue weighted by Crippen LogP contribution is 2.24. The summed E-state index contributed by atoms with van der Waals surface area (Å²) in [6, 6.07) is 11.2. The second-order valence-electron chi connectivity index (χ2n) is 4.56. The van der Waals surface area contributed by atoms with Crippen molar-refractivity contribution in [2.24, 2.45) is 0 Å². The standard InChI is InChI=1S/C14H11BrF3NO3S/c15-11-3-1-2-10(8-11)9-23(20,21)19-12-4-6-13(7-5-12)22-14(16,17)18/h1-8,19H,9H2. The summed E-state index contributed by atoms with van der Waals surface area (Å²) in [6.45, 7) is 0. The summed E-state index contributed by atoms with van der Waals surface area (Å²) in [4.78, 5) is 0. The lowest BCUT2D eigenvalue weighted by Crippen LogP contribution is -2.17. The Labute approximate surface area is 139 Å². The molecule has 0 saturated carbocycles. The van der Waals surface area contributed by atoms with Crippen LogP contribution in [0.1, 0.15) is 5.56 Å².